The smallest absolute Gasteiger partial charge is 0.411 e. The van der Waals surface area contributed by atoms with Crippen molar-refractivity contribution < 1.29 is 33.2 Å². The quantitative estimate of drug-likeness (QED) is 0.314. The summed E-state index contributed by atoms with van der Waals surface area (Å²) in [6.07, 6.45) is 1.06. The first-order valence-corrected chi connectivity index (χ1v) is 11.0. The van der Waals surface area contributed by atoms with Gasteiger partial charge in [-0.3, -0.25) is 10.3 Å². The number of amides is 1. The molecule has 0 atom stereocenters. The number of fused-ring (bicyclic) bond motifs is 1. The van der Waals surface area contributed by atoms with Crippen LogP contribution in [0, 0.1) is 0 Å². The van der Waals surface area contributed by atoms with Crippen LogP contribution in [0.5, 0.6) is 34.5 Å². The second-order valence-electron chi connectivity index (χ2n) is 7.54. The molecule has 186 valence electrons. The molecule has 3 aromatic carbocycles. The van der Waals surface area contributed by atoms with E-state index in [4.69, 9.17) is 28.4 Å². The average molecular weight is 491 g/mol. The first-order valence-electron chi connectivity index (χ1n) is 11.0. The van der Waals surface area contributed by atoms with E-state index in [2.05, 4.69) is 10.3 Å². The maximum atomic E-state index is 12.3. The lowest BCUT2D eigenvalue weighted by molar-refractivity contribution is 0.154. The highest BCUT2D eigenvalue weighted by atomic mass is 16.5. The number of carbonyl (C=O) groups is 1. The standard InChI is InChI=1S/C27H26N2O7/c1-31-20-9-10-23(32-2)17(13-20)16-35-27(30)29-18-5-7-19(8-6-18)36-24-11-12-28-22-15-26(34-4)25(33-3)14-21(22)24/h5-15H,16H2,1-4H3,(H,29,30). The molecule has 0 unspecified atom stereocenters. The number of methoxy groups -OCH3 is 4. The predicted octanol–water partition coefficient (Wildman–Crippen LogP) is 5.81. The number of pyridine rings is 1. The van der Waals surface area contributed by atoms with Gasteiger partial charge in [0.2, 0.25) is 0 Å². The van der Waals surface area contributed by atoms with Gasteiger partial charge in [-0.15, -0.1) is 0 Å². The van der Waals surface area contributed by atoms with Gasteiger partial charge in [0.15, 0.2) is 11.5 Å². The Hall–Kier alpha value is -4.66. The van der Waals surface area contributed by atoms with Crippen LogP contribution in [0.15, 0.2) is 66.9 Å². The van der Waals surface area contributed by atoms with Crippen molar-refractivity contribution in [3.8, 4) is 34.5 Å². The number of ether oxygens (including phenoxy) is 6. The van der Waals surface area contributed by atoms with Crippen molar-refractivity contribution >= 4 is 22.7 Å². The molecular formula is C27H26N2O7. The molecule has 9 heteroatoms. The van der Waals surface area contributed by atoms with Crippen molar-refractivity contribution in [1.29, 1.82) is 0 Å². The molecular weight excluding hydrogens is 464 g/mol. The molecule has 4 aromatic rings. The summed E-state index contributed by atoms with van der Waals surface area (Å²) < 4.78 is 32.7. The van der Waals surface area contributed by atoms with Gasteiger partial charge in [-0.05, 0) is 54.6 Å². The summed E-state index contributed by atoms with van der Waals surface area (Å²) in [7, 11) is 6.27. The zero-order valence-electron chi connectivity index (χ0n) is 20.4. The van der Waals surface area contributed by atoms with E-state index in [1.807, 2.05) is 6.07 Å². The molecule has 0 saturated carbocycles. The van der Waals surface area contributed by atoms with E-state index in [0.29, 0.717) is 51.3 Å². The second kappa shape index (κ2) is 11.2. The van der Waals surface area contributed by atoms with Gasteiger partial charge in [-0.2, -0.15) is 0 Å². The number of nitrogens with zero attached hydrogens (tertiary/aromatic N) is 1. The molecule has 0 fully saturated rings. The summed E-state index contributed by atoms with van der Waals surface area (Å²) in [4.78, 5) is 16.7. The van der Waals surface area contributed by atoms with Crippen LogP contribution in [-0.4, -0.2) is 39.5 Å². The Kier molecular flexibility index (Phi) is 7.60. The minimum absolute atomic E-state index is 0.0246. The SMILES string of the molecule is COc1ccc(OC)c(COC(=O)Nc2ccc(Oc3ccnc4cc(OC)c(OC)cc34)cc2)c1. The number of rotatable bonds is 9. The third-order valence-electron chi connectivity index (χ3n) is 5.38. The molecule has 0 spiro atoms. The van der Waals surface area contributed by atoms with E-state index in [-0.39, 0.29) is 6.61 Å². The van der Waals surface area contributed by atoms with Gasteiger partial charge in [0, 0.05) is 28.9 Å². The third-order valence-corrected chi connectivity index (χ3v) is 5.38. The fourth-order valence-electron chi connectivity index (χ4n) is 3.56. The van der Waals surface area contributed by atoms with E-state index < -0.39 is 6.09 Å². The maximum absolute atomic E-state index is 12.3. The maximum Gasteiger partial charge on any atom is 0.411 e. The van der Waals surface area contributed by atoms with Crippen LogP contribution in [0.2, 0.25) is 0 Å². The Morgan fingerprint density at radius 2 is 1.44 bits per heavy atom. The van der Waals surface area contributed by atoms with Crippen LogP contribution >= 0.6 is 0 Å². The van der Waals surface area contributed by atoms with Crippen LogP contribution in [0.4, 0.5) is 10.5 Å². The van der Waals surface area contributed by atoms with Gasteiger partial charge in [-0.1, -0.05) is 0 Å². The fraction of sp³-hybridized carbons (Fsp3) is 0.185. The number of anilines is 1. The first kappa shape index (κ1) is 24.5. The van der Waals surface area contributed by atoms with Gasteiger partial charge in [-0.25, -0.2) is 4.79 Å². The lowest BCUT2D eigenvalue weighted by Crippen LogP contribution is -2.13. The van der Waals surface area contributed by atoms with Gasteiger partial charge >= 0.3 is 6.09 Å². The highest BCUT2D eigenvalue weighted by Gasteiger charge is 2.12. The van der Waals surface area contributed by atoms with Gasteiger partial charge in [0.05, 0.1) is 34.0 Å². The van der Waals surface area contributed by atoms with E-state index >= 15 is 0 Å². The van der Waals surface area contributed by atoms with Crippen molar-refractivity contribution in [2.24, 2.45) is 0 Å². The average Bonchev–Trinajstić information content (AvgIpc) is 2.92. The van der Waals surface area contributed by atoms with Gasteiger partial charge in [0.1, 0.15) is 29.6 Å². The van der Waals surface area contributed by atoms with E-state index in [1.165, 1.54) is 0 Å². The Morgan fingerprint density at radius 3 is 2.14 bits per heavy atom. The van der Waals surface area contributed by atoms with Gasteiger partial charge < -0.3 is 28.4 Å². The first-order chi connectivity index (χ1) is 17.5. The van der Waals surface area contributed by atoms with Crippen molar-refractivity contribution in [2.45, 2.75) is 6.61 Å². The molecule has 4 rings (SSSR count). The van der Waals surface area contributed by atoms with Crippen molar-refractivity contribution in [3.63, 3.8) is 0 Å². The van der Waals surface area contributed by atoms with E-state index in [0.717, 1.165) is 5.39 Å². The molecule has 1 heterocycles. The lowest BCUT2D eigenvalue weighted by Gasteiger charge is -2.13. The molecule has 36 heavy (non-hydrogen) atoms. The Morgan fingerprint density at radius 1 is 0.750 bits per heavy atom. The number of carbonyl (C=O) groups excluding carboxylic acids is 1. The number of benzene rings is 3. The normalized spacial score (nSPS) is 10.4. The summed E-state index contributed by atoms with van der Waals surface area (Å²) in [5.41, 5.74) is 1.95. The number of hydrogen-bond acceptors (Lipinski definition) is 8. The van der Waals surface area contributed by atoms with Crippen LogP contribution in [0.1, 0.15) is 5.56 Å². The van der Waals surface area contributed by atoms with Crippen LogP contribution in [-0.2, 0) is 11.3 Å². The molecule has 0 aliphatic heterocycles. The van der Waals surface area contributed by atoms with Crippen molar-refractivity contribution in [1.82, 2.24) is 4.98 Å². The predicted molar refractivity (Wildman–Crippen MR) is 135 cm³/mol. The van der Waals surface area contributed by atoms with E-state index in [1.54, 1.807) is 89.2 Å². The summed E-state index contributed by atoms with van der Waals surface area (Å²) in [6, 6.07) is 17.6. The molecule has 0 aliphatic rings. The molecule has 1 amide bonds. The van der Waals surface area contributed by atoms with Crippen LogP contribution in [0.3, 0.4) is 0 Å². The minimum atomic E-state index is -0.602. The largest absolute Gasteiger partial charge is 0.497 e. The number of aromatic nitrogens is 1. The number of hydrogen-bond donors (Lipinski definition) is 1. The molecule has 0 aliphatic carbocycles. The molecule has 1 aromatic heterocycles. The van der Waals surface area contributed by atoms with Crippen LogP contribution < -0.4 is 29.0 Å². The minimum Gasteiger partial charge on any atom is -0.497 e. The van der Waals surface area contributed by atoms with E-state index in [9.17, 15) is 4.79 Å². The molecule has 0 bridgehead atoms. The summed E-state index contributed by atoms with van der Waals surface area (Å²) in [5.74, 6) is 3.59. The molecule has 9 nitrogen and oxygen atoms in total. The summed E-state index contributed by atoms with van der Waals surface area (Å²) in [6.45, 7) is 0.0246. The van der Waals surface area contributed by atoms with Gasteiger partial charge in [0.25, 0.3) is 0 Å². The highest BCUT2D eigenvalue weighted by molar-refractivity contribution is 5.88. The van der Waals surface area contributed by atoms with Crippen molar-refractivity contribution in [2.75, 3.05) is 33.8 Å². The van der Waals surface area contributed by atoms with Crippen LogP contribution in [0.25, 0.3) is 10.9 Å². The zero-order chi connectivity index (χ0) is 25.5. The Balaban J connectivity index is 1.41. The lowest BCUT2D eigenvalue weighted by atomic mass is 10.2. The fourth-order valence-corrected chi connectivity index (χ4v) is 3.56. The Bertz CT molecular complexity index is 1360. The zero-order valence-corrected chi connectivity index (χ0v) is 20.4. The molecule has 0 saturated heterocycles. The third kappa shape index (κ3) is 5.52. The topological polar surface area (TPSA) is 97.4 Å². The number of nitrogens with one attached hydrogen (secondary N) is 1. The monoisotopic (exact) mass is 490 g/mol. The summed E-state index contributed by atoms with van der Waals surface area (Å²) in [5, 5.41) is 3.47. The second-order valence-corrected chi connectivity index (χ2v) is 7.54. The highest BCUT2D eigenvalue weighted by Crippen LogP contribution is 2.37. The Labute approximate surface area is 208 Å². The summed E-state index contributed by atoms with van der Waals surface area (Å²) >= 11 is 0. The molecule has 0 radical (unpaired) electrons. The molecule has 1 N–H and O–H groups in total. The van der Waals surface area contributed by atoms with Crippen molar-refractivity contribution in [3.05, 3.63) is 72.4 Å².